The predicted octanol–water partition coefficient (Wildman–Crippen LogP) is 0.964. The highest BCUT2D eigenvalue weighted by Crippen LogP contribution is 2.18. The Hall–Kier alpha value is -2.74. The van der Waals surface area contributed by atoms with Crippen LogP contribution in [0.4, 0.5) is 0 Å². The predicted molar refractivity (Wildman–Crippen MR) is 112 cm³/mol. The smallest absolute Gasteiger partial charge is 0.254 e. The largest absolute Gasteiger partial charge is 0.390 e. The minimum absolute atomic E-state index is 0.0515. The third kappa shape index (κ3) is 4.70. The molecule has 1 saturated heterocycles. The lowest BCUT2D eigenvalue weighted by molar-refractivity contribution is 0.0303. The Balaban J connectivity index is 1.29. The SMILES string of the molecule is O=C(NC[C@H](O)[C@@H]1Cc2ccccc2CN1)c1ccc(C(=O)N2CCOCC2)cc1. The summed E-state index contributed by atoms with van der Waals surface area (Å²) in [5, 5.41) is 16.6. The first-order chi connectivity index (χ1) is 14.6. The van der Waals surface area contributed by atoms with Crippen LogP contribution in [0.1, 0.15) is 31.8 Å². The second-order valence-electron chi connectivity index (χ2n) is 7.72. The van der Waals surface area contributed by atoms with Crippen LogP contribution in [0.3, 0.4) is 0 Å². The normalized spacial score (nSPS) is 19.6. The number of aliphatic hydroxyl groups is 1. The van der Waals surface area contributed by atoms with Crippen LogP contribution in [-0.2, 0) is 17.7 Å². The number of hydrogen-bond acceptors (Lipinski definition) is 5. The summed E-state index contributed by atoms with van der Waals surface area (Å²) < 4.78 is 5.27. The minimum Gasteiger partial charge on any atom is -0.390 e. The van der Waals surface area contributed by atoms with Crippen LogP contribution in [0.15, 0.2) is 48.5 Å². The van der Waals surface area contributed by atoms with Crippen molar-refractivity contribution < 1.29 is 19.4 Å². The molecule has 0 spiro atoms. The molecule has 1 fully saturated rings. The van der Waals surface area contributed by atoms with E-state index < -0.39 is 6.10 Å². The van der Waals surface area contributed by atoms with Gasteiger partial charge < -0.3 is 25.4 Å². The van der Waals surface area contributed by atoms with E-state index in [2.05, 4.69) is 22.8 Å². The Morgan fingerprint density at radius 2 is 1.73 bits per heavy atom. The lowest BCUT2D eigenvalue weighted by Gasteiger charge is -2.30. The number of aliphatic hydroxyl groups excluding tert-OH is 1. The number of rotatable bonds is 5. The number of carbonyl (C=O) groups is 2. The van der Waals surface area contributed by atoms with Crippen LogP contribution in [0, 0.1) is 0 Å². The second-order valence-corrected chi connectivity index (χ2v) is 7.72. The van der Waals surface area contributed by atoms with E-state index in [-0.39, 0.29) is 24.4 Å². The summed E-state index contributed by atoms with van der Waals surface area (Å²) in [7, 11) is 0. The average molecular weight is 409 g/mol. The summed E-state index contributed by atoms with van der Waals surface area (Å²) in [4.78, 5) is 26.7. The summed E-state index contributed by atoms with van der Waals surface area (Å²) in [5.74, 6) is -0.319. The number of amides is 2. The van der Waals surface area contributed by atoms with E-state index in [1.165, 1.54) is 11.1 Å². The molecule has 3 N–H and O–H groups in total. The Labute approximate surface area is 176 Å². The van der Waals surface area contributed by atoms with Crippen LogP contribution in [0.2, 0.25) is 0 Å². The fourth-order valence-corrected chi connectivity index (χ4v) is 3.91. The molecule has 0 aromatic heterocycles. The van der Waals surface area contributed by atoms with Crippen molar-refractivity contribution in [3.63, 3.8) is 0 Å². The average Bonchev–Trinajstić information content (AvgIpc) is 2.82. The van der Waals surface area contributed by atoms with Crippen molar-refractivity contribution in [3.8, 4) is 0 Å². The molecule has 0 bridgehead atoms. The number of hydrogen-bond donors (Lipinski definition) is 3. The van der Waals surface area contributed by atoms with E-state index in [1.54, 1.807) is 29.2 Å². The molecule has 30 heavy (non-hydrogen) atoms. The van der Waals surface area contributed by atoms with E-state index in [0.717, 1.165) is 6.42 Å². The standard InChI is InChI=1S/C23H27N3O4/c27-21(20-13-18-3-1-2-4-19(18)14-24-20)15-25-22(28)16-5-7-17(8-6-16)23(29)26-9-11-30-12-10-26/h1-8,20-21,24,27H,9-15H2,(H,25,28)/t20-,21-/m0/s1. The minimum atomic E-state index is -0.690. The molecule has 0 saturated carbocycles. The summed E-state index contributed by atoms with van der Waals surface area (Å²) in [6, 6.07) is 14.7. The van der Waals surface area contributed by atoms with E-state index in [1.807, 2.05) is 12.1 Å². The van der Waals surface area contributed by atoms with Gasteiger partial charge in [0, 0.05) is 43.3 Å². The summed E-state index contributed by atoms with van der Waals surface area (Å²) >= 11 is 0. The number of nitrogens with one attached hydrogen (secondary N) is 2. The van der Waals surface area contributed by atoms with Crippen molar-refractivity contribution in [1.82, 2.24) is 15.5 Å². The van der Waals surface area contributed by atoms with E-state index in [0.29, 0.717) is 44.0 Å². The van der Waals surface area contributed by atoms with Crippen molar-refractivity contribution in [1.29, 1.82) is 0 Å². The molecule has 2 aliphatic heterocycles. The molecular formula is C23H27N3O4. The van der Waals surface area contributed by atoms with Gasteiger partial charge in [0.2, 0.25) is 0 Å². The second kappa shape index (κ2) is 9.38. The first-order valence-corrected chi connectivity index (χ1v) is 10.4. The molecule has 7 heteroatoms. The first-order valence-electron chi connectivity index (χ1n) is 10.4. The molecule has 4 rings (SSSR count). The maximum atomic E-state index is 12.5. The highest BCUT2D eigenvalue weighted by atomic mass is 16.5. The molecule has 0 aliphatic carbocycles. The van der Waals surface area contributed by atoms with Gasteiger partial charge in [0.05, 0.1) is 19.3 Å². The van der Waals surface area contributed by atoms with Crippen molar-refractivity contribution in [2.75, 3.05) is 32.8 Å². The van der Waals surface area contributed by atoms with Gasteiger partial charge in [-0.05, 0) is 41.8 Å². The maximum absolute atomic E-state index is 12.5. The van der Waals surface area contributed by atoms with E-state index in [4.69, 9.17) is 4.74 Å². The highest BCUT2D eigenvalue weighted by molar-refractivity contribution is 5.97. The van der Waals surface area contributed by atoms with Gasteiger partial charge in [0.1, 0.15) is 0 Å². The van der Waals surface area contributed by atoms with Gasteiger partial charge in [0.25, 0.3) is 11.8 Å². The molecule has 0 unspecified atom stereocenters. The zero-order valence-corrected chi connectivity index (χ0v) is 16.8. The molecule has 2 heterocycles. The number of ether oxygens (including phenoxy) is 1. The number of benzene rings is 2. The van der Waals surface area contributed by atoms with Gasteiger partial charge in [-0.25, -0.2) is 0 Å². The van der Waals surface area contributed by atoms with Crippen LogP contribution in [-0.4, -0.2) is 66.8 Å². The van der Waals surface area contributed by atoms with Crippen LogP contribution in [0.5, 0.6) is 0 Å². The van der Waals surface area contributed by atoms with Gasteiger partial charge in [-0.15, -0.1) is 0 Å². The zero-order chi connectivity index (χ0) is 20.9. The van der Waals surface area contributed by atoms with E-state index >= 15 is 0 Å². The monoisotopic (exact) mass is 409 g/mol. The summed E-state index contributed by atoms with van der Waals surface area (Å²) in [6.45, 7) is 3.14. The Morgan fingerprint density at radius 3 is 2.47 bits per heavy atom. The first kappa shape index (κ1) is 20.5. The summed E-state index contributed by atoms with van der Waals surface area (Å²) in [5.41, 5.74) is 3.49. The topological polar surface area (TPSA) is 90.9 Å². The van der Waals surface area contributed by atoms with Crippen molar-refractivity contribution in [2.45, 2.75) is 25.1 Å². The van der Waals surface area contributed by atoms with Crippen LogP contribution < -0.4 is 10.6 Å². The molecule has 2 amide bonds. The molecule has 2 aromatic carbocycles. The maximum Gasteiger partial charge on any atom is 0.254 e. The van der Waals surface area contributed by atoms with Gasteiger partial charge in [-0.3, -0.25) is 9.59 Å². The van der Waals surface area contributed by atoms with E-state index in [9.17, 15) is 14.7 Å². The zero-order valence-electron chi connectivity index (χ0n) is 16.8. The van der Waals surface area contributed by atoms with Gasteiger partial charge in [-0.1, -0.05) is 24.3 Å². The molecule has 2 aliphatic rings. The third-order valence-electron chi connectivity index (χ3n) is 5.74. The van der Waals surface area contributed by atoms with Crippen LogP contribution >= 0.6 is 0 Å². The lowest BCUT2D eigenvalue weighted by atomic mass is 9.93. The molecule has 2 aromatic rings. The highest BCUT2D eigenvalue weighted by Gasteiger charge is 2.25. The Kier molecular flexibility index (Phi) is 6.42. The number of fused-ring (bicyclic) bond motifs is 1. The fourth-order valence-electron chi connectivity index (χ4n) is 3.91. The molecule has 2 atom stereocenters. The van der Waals surface area contributed by atoms with Crippen LogP contribution in [0.25, 0.3) is 0 Å². The molecular weight excluding hydrogens is 382 g/mol. The molecule has 158 valence electrons. The van der Waals surface area contributed by atoms with Crippen molar-refractivity contribution in [3.05, 3.63) is 70.8 Å². The van der Waals surface area contributed by atoms with Crippen molar-refractivity contribution in [2.24, 2.45) is 0 Å². The van der Waals surface area contributed by atoms with Gasteiger partial charge in [0.15, 0.2) is 0 Å². The molecule has 0 radical (unpaired) electrons. The number of morpholine rings is 1. The third-order valence-corrected chi connectivity index (χ3v) is 5.74. The quantitative estimate of drug-likeness (QED) is 0.685. The molecule has 7 nitrogen and oxygen atoms in total. The van der Waals surface area contributed by atoms with Gasteiger partial charge >= 0.3 is 0 Å². The van der Waals surface area contributed by atoms with Gasteiger partial charge in [-0.2, -0.15) is 0 Å². The summed E-state index contributed by atoms with van der Waals surface area (Å²) in [6.07, 6.45) is 0.0374. The lowest BCUT2D eigenvalue weighted by Crippen LogP contribution is -2.49. The number of nitrogens with zero attached hydrogens (tertiary/aromatic N) is 1. The van der Waals surface area contributed by atoms with Crippen molar-refractivity contribution >= 4 is 11.8 Å². The Bertz CT molecular complexity index is 894. The Morgan fingerprint density at radius 1 is 1.07 bits per heavy atom. The number of carbonyl (C=O) groups excluding carboxylic acids is 2. The fraction of sp³-hybridized carbons (Fsp3) is 0.391.